The highest BCUT2D eigenvalue weighted by atomic mass is 16.2. The van der Waals surface area contributed by atoms with Gasteiger partial charge in [0.15, 0.2) is 0 Å². The maximum absolute atomic E-state index is 12.8. The molecule has 0 saturated carbocycles. The number of amides is 3. The van der Waals surface area contributed by atoms with Gasteiger partial charge in [-0.15, -0.1) is 0 Å². The number of hydrogen-bond donors (Lipinski definition) is 1. The number of likely N-dealkylation sites (tertiary alicyclic amines) is 1. The lowest BCUT2D eigenvalue weighted by molar-refractivity contribution is -0.125. The van der Waals surface area contributed by atoms with Crippen molar-refractivity contribution in [3.8, 4) is 0 Å². The molecule has 0 bridgehead atoms. The molecule has 1 fully saturated rings. The summed E-state index contributed by atoms with van der Waals surface area (Å²) < 4.78 is 0. The van der Waals surface area contributed by atoms with Crippen LogP contribution in [0.3, 0.4) is 0 Å². The van der Waals surface area contributed by atoms with Crippen LogP contribution in [0.1, 0.15) is 79.8 Å². The topological polar surface area (TPSA) is 69.7 Å². The largest absolute Gasteiger partial charge is 0.332 e. The first-order valence-corrected chi connectivity index (χ1v) is 10.9. The fourth-order valence-corrected chi connectivity index (χ4v) is 4.48. The molecule has 1 saturated heterocycles. The van der Waals surface area contributed by atoms with E-state index in [-0.39, 0.29) is 24.3 Å². The van der Waals surface area contributed by atoms with Crippen LogP contribution in [-0.2, 0) is 16.1 Å². The summed E-state index contributed by atoms with van der Waals surface area (Å²) in [6, 6.07) is 6.31. The van der Waals surface area contributed by atoms with Gasteiger partial charge in [0.2, 0.25) is 12.3 Å². The van der Waals surface area contributed by atoms with Gasteiger partial charge in [0, 0.05) is 24.6 Å². The Balaban J connectivity index is 1.58. The Morgan fingerprint density at radius 2 is 2.07 bits per heavy atom. The van der Waals surface area contributed by atoms with Crippen LogP contribution in [0, 0.1) is 0 Å². The maximum Gasteiger partial charge on any atom is 0.254 e. The fraction of sp³-hybridized carbons (Fsp3) is 0.609. The Morgan fingerprint density at radius 1 is 1.31 bits per heavy atom. The molecule has 29 heavy (non-hydrogen) atoms. The van der Waals surface area contributed by atoms with Crippen LogP contribution in [0.15, 0.2) is 18.2 Å². The number of hydrogen-bond acceptors (Lipinski definition) is 4. The van der Waals surface area contributed by atoms with Crippen molar-refractivity contribution >= 4 is 18.2 Å². The first-order valence-electron chi connectivity index (χ1n) is 10.9. The molecule has 0 radical (unpaired) electrons. The molecule has 0 aromatic heterocycles. The third-order valence-corrected chi connectivity index (χ3v) is 6.39. The molecule has 6 nitrogen and oxygen atoms in total. The van der Waals surface area contributed by atoms with Crippen molar-refractivity contribution in [1.29, 1.82) is 0 Å². The zero-order valence-electron chi connectivity index (χ0n) is 17.7. The smallest absolute Gasteiger partial charge is 0.254 e. The molecule has 1 aromatic rings. The first kappa shape index (κ1) is 21.5. The van der Waals surface area contributed by atoms with Crippen LogP contribution in [0.5, 0.6) is 0 Å². The highest BCUT2D eigenvalue weighted by Crippen LogP contribution is 2.33. The van der Waals surface area contributed by atoms with Gasteiger partial charge >= 0.3 is 0 Å². The van der Waals surface area contributed by atoms with Crippen LogP contribution in [-0.4, -0.2) is 53.7 Å². The molecule has 1 unspecified atom stereocenters. The minimum Gasteiger partial charge on any atom is -0.332 e. The standard InChI is InChI=1S/C23H33N3O3/c1-3-4-11-25-12-9-18(10-13-25)19-6-7-21-20(14-19)15-26(23(21)29)17(2)5-8-22(28)24-16-27/h6-7,14,16-18H,3-5,8-13,15H2,1-2H3,(H,24,27,28). The monoisotopic (exact) mass is 399 g/mol. The molecule has 3 amide bonds. The average Bonchev–Trinajstić information content (AvgIpc) is 3.07. The SMILES string of the molecule is CCCCN1CCC(c2ccc3c(c2)CN(C(C)CCC(=O)NC=O)C3=O)CC1. The van der Waals surface area contributed by atoms with E-state index in [0.717, 1.165) is 24.2 Å². The number of carbonyl (C=O) groups is 3. The summed E-state index contributed by atoms with van der Waals surface area (Å²) in [4.78, 5) is 39.1. The van der Waals surface area contributed by atoms with Crippen molar-refractivity contribution in [3.05, 3.63) is 34.9 Å². The molecule has 0 aliphatic carbocycles. The minimum absolute atomic E-state index is 0.0439. The maximum atomic E-state index is 12.8. The van der Waals surface area contributed by atoms with E-state index in [2.05, 4.69) is 29.3 Å². The van der Waals surface area contributed by atoms with Crippen molar-refractivity contribution in [2.45, 2.75) is 70.9 Å². The molecule has 0 spiro atoms. The average molecular weight is 400 g/mol. The number of rotatable bonds is 9. The molecule has 2 aliphatic rings. The molecule has 2 aliphatic heterocycles. The van der Waals surface area contributed by atoms with Gasteiger partial charge in [-0.25, -0.2) is 0 Å². The van der Waals surface area contributed by atoms with E-state index >= 15 is 0 Å². The molecule has 3 rings (SSSR count). The number of piperidine rings is 1. The van der Waals surface area contributed by atoms with Crippen molar-refractivity contribution < 1.29 is 14.4 Å². The highest BCUT2D eigenvalue weighted by Gasteiger charge is 2.31. The minimum atomic E-state index is -0.302. The number of nitrogens with one attached hydrogen (secondary N) is 1. The van der Waals surface area contributed by atoms with Crippen LogP contribution < -0.4 is 5.32 Å². The fourth-order valence-electron chi connectivity index (χ4n) is 4.48. The molecule has 1 atom stereocenters. The lowest BCUT2D eigenvalue weighted by Gasteiger charge is -2.32. The van der Waals surface area contributed by atoms with E-state index in [1.807, 2.05) is 17.9 Å². The summed E-state index contributed by atoms with van der Waals surface area (Å²) in [7, 11) is 0. The van der Waals surface area contributed by atoms with Crippen LogP contribution >= 0.6 is 0 Å². The molecule has 1 aromatic carbocycles. The van der Waals surface area contributed by atoms with Gasteiger partial charge in [-0.2, -0.15) is 0 Å². The van der Waals surface area contributed by atoms with E-state index in [1.54, 1.807) is 0 Å². The van der Waals surface area contributed by atoms with Crippen molar-refractivity contribution in [1.82, 2.24) is 15.1 Å². The third kappa shape index (κ3) is 5.24. The van der Waals surface area contributed by atoms with Gasteiger partial charge in [0.25, 0.3) is 5.91 Å². The van der Waals surface area contributed by atoms with Gasteiger partial charge in [0.1, 0.15) is 0 Å². The number of carbonyl (C=O) groups excluding carboxylic acids is 3. The molecule has 2 heterocycles. The molecular formula is C23H33N3O3. The van der Waals surface area contributed by atoms with Crippen LogP contribution in [0.25, 0.3) is 0 Å². The molecule has 158 valence electrons. The zero-order chi connectivity index (χ0) is 20.8. The van der Waals surface area contributed by atoms with Crippen LogP contribution in [0.2, 0.25) is 0 Å². The predicted octanol–water partition coefficient (Wildman–Crippen LogP) is 3.06. The normalized spacial score (nSPS) is 18.6. The quantitative estimate of drug-likeness (QED) is 0.648. The van der Waals surface area contributed by atoms with Gasteiger partial charge in [-0.3, -0.25) is 19.7 Å². The lowest BCUT2D eigenvalue weighted by atomic mass is 9.88. The van der Waals surface area contributed by atoms with E-state index < -0.39 is 0 Å². The van der Waals surface area contributed by atoms with Gasteiger partial charge in [-0.05, 0) is 75.4 Å². The van der Waals surface area contributed by atoms with E-state index in [0.29, 0.717) is 25.3 Å². The van der Waals surface area contributed by atoms with E-state index in [4.69, 9.17) is 0 Å². The summed E-state index contributed by atoms with van der Waals surface area (Å²) in [6.45, 7) is 8.33. The third-order valence-electron chi connectivity index (χ3n) is 6.39. The van der Waals surface area contributed by atoms with Crippen LogP contribution in [0.4, 0.5) is 0 Å². The number of nitrogens with zero attached hydrogens (tertiary/aromatic N) is 2. The second-order valence-electron chi connectivity index (χ2n) is 8.39. The Bertz CT molecular complexity index is 741. The number of imide groups is 1. The number of fused-ring (bicyclic) bond motifs is 1. The summed E-state index contributed by atoms with van der Waals surface area (Å²) in [5.41, 5.74) is 3.25. The van der Waals surface area contributed by atoms with Crippen molar-refractivity contribution in [2.24, 2.45) is 0 Å². The van der Waals surface area contributed by atoms with E-state index in [1.165, 1.54) is 37.8 Å². The molecular weight excluding hydrogens is 366 g/mol. The summed E-state index contributed by atoms with van der Waals surface area (Å²) in [5.74, 6) is 0.319. The highest BCUT2D eigenvalue weighted by molar-refractivity contribution is 5.98. The second kappa shape index (κ2) is 10.0. The van der Waals surface area contributed by atoms with Gasteiger partial charge in [-0.1, -0.05) is 25.5 Å². The Kier molecular flexibility index (Phi) is 7.42. The summed E-state index contributed by atoms with van der Waals surface area (Å²) >= 11 is 0. The molecule has 1 N–H and O–H groups in total. The Labute approximate surface area is 173 Å². The van der Waals surface area contributed by atoms with E-state index in [9.17, 15) is 14.4 Å². The predicted molar refractivity (Wildman–Crippen MR) is 113 cm³/mol. The number of unbranched alkanes of at least 4 members (excludes halogenated alkanes) is 1. The Morgan fingerprint density at radius 3 is 2.76 bits per heavy atom. The van der Waals surface area contributed by atoms with Gasteiger partial charge < -0.3 is 9.80 Å². The zero-order valence-corrected chi connectivity index (χ0v) is 17.7. The van der Waals surface area contributed by atoms with Crippen molar-refractivity contribution in [2.75, 3.05) is 19.6 Å². The molecule has 6 heteroatoms. The lowest BCUT2D eigenvalue weighted by Crippen LogP contribution is -2.34. The summed E-state index contributed by atoms with van der Waals surface area (Å²) in [6.07, 6.45) is 6.07. The Hall–Kier alpha value is -2.21. The van der Waals surface area contributed by atoms with Crippen molar-refractivity contribution in [3.63, 3.8) is 0 Å². The summed E-state index contributed by atoms with van der Waals surface area (Å²) in [5, 5.41) is 2.15. The first-order chi connectivity index (χ1) is 14.0. The number of benzene rings is 1. The second-order valence-corrected chi connectivity index (χ2v) is 8.39. The van der Waals surface area contributed by atoms with Gasteiger partial charge in [0.05, 0.1) is 0 Å².